The summed E-state index contributed by atoms with van der Waals surface area (Å²) in [4.78, 5) is 25.9. The van der Waals surface area contributed by atoms with Crippen LogP contribution in [0.4, 0.5) is 0 Å². The van der Waals surface area contributed by atoms with Crippen LogP contribution in [-0.4, -0.2) is 41.5 Å². The van der Waals surface area contributed by atoms with E-state index in [-0.39, 0.29) is 29.9 Å². The van der Waals surface area contributed by atoms with E-state index in [1.54, 1.807) is 16.8 Å². The zero-order chi connectivity index (χ0) is 18.9. The SMILES string of the molecule is CCNC(=NCc1nc(C(C)C)cs1)NCCNC(=O)c1scnc1C.I. The maximum absolute atomic E-state index is 12.0. The lowest BCUT2D eigenvalue weighted by Gasteiger charge is -2.11. The fourth-order valence-electron chi connectivity index (χ4n) is 2.11. The quantitative estimate of drug-likeness (QED) is 0.215. The number of carbonyl (C=O) groups is 1. The van der Waals surface area contributed by atoms with E-state index in [2.05, 4.69) is 50.1 Å². The zero-order valence-electron chi connectivity index (χ0n) is 16.0. The van der Waals surface area contributed by atoms with Gasteiger partial charge in [-0.15, -0.1) is 46.7 Å². The summed E-state index contributed by atoms with van der Waals surface area (Å²) in [5.41, 5.74) is 3.56. The van der Waals surface area contributed by atoms with Gasteiger partial charge in [0, 0.05) is 25.0 Å². The number of nitrogens with one attached hydrogen (secondary N) is 3. The largest absolute Gasteiger partial charge is 0.357 e. The third-order valence-electron chi connectivity index (χ3n) is 3.53. The van der Waals surface area contributed by atoms with E-state index in [0.717, 1.165) is 28.9 Å². The van der Waals surface area contributed by atoms with Gasteiger partial charge in [0.2, 0.25) is 0 Å². The first-order valence-corrected chi connectivity index (χ1v) is 10.4. The summed E-state index contributed by atoms with van der Waals surface area (Å²) in [5, 5.41) is 12.4. The Labute approximate surface area is 185 Å². The van der Waals surface area contributed by atoms with Crippen LogP contribution in [0.1, 0.15) is 52.8 Å². The molecule has 0 unspecified atom stereocenters. The maximum Gasteiger partial charge on any atom is 0.263 e. The third-order valence-corrected chi connectivity index (χ3v) is 5.31. The molecule has 0 atom stereocenters. The van der Waals surface area contributed by atoms with Crippen molar-refractivity contribution in [2.45, 2.75) is 40.2 Å². The number of rotatable bonds is 8. The van der Waals surface area contributed by atoms with Gasteiger partial charge in [0.25, 0.3) is 5.91 Å². The molecule has 2 heterocycles. The molecule has 2 aromatic rings. The van der Waals surface area contributed by atoms with Crippen molar-refractivity contribution in [1.82, 2.24) is 25.9 Å². The molecule has 1 amide bonds. The Kier molecular flexibility index (Phi) is 10.8. The molecule has 2 aromatic heterocycles. The molecule has 0 fully saturated rings. The second-order valence-electron chi connectivity index (χ2n) is 5.97. The lowest BCUT2D eigenvalue weighted by molar-refractivity contribution is 0.0957. The molecule has 3 N–H and O–H groups in total. The van der Waals surface area contributed by atoms with Crippen molar-refractivity contribution in [3.63, 3.8) is 0 Å². The van der Waals surface area contributed by atoms with E-state index >= 15 is 0 Å². The van der Waals surface area contributed by atoms with Gasteiger partial charge in [-0.1, -0.05) is 13.8 Å². The molecule has 0 aromatic carbocycles. The van der Waals surface area contributed by atoms with Crippen molar-refractivity contribution in [2.24, 2.45) is 4.99 Å². The number of thiazole rings is 2. The Morgan fingerprint density at radius 1 is 1.22 bits per heavy atom. The second-order valence-corrected chi connectivity index (χ2v) is 7.76. The molecule has 0 aliphatic heterocycles. The normalized spacial score (nSPS) is 11.2. The van der Waals surface area contributed by atoms with Crippen molar-refractivity contribution in [1.29, 1.82) is 0 Å². The van der Waals surface area contributed by atoms with Gasteiger partial charge in [-0.3, -0.25) is 4.79 Å². The first-order chi connectivity index (χ1) is 12.5. The number of hydrogen-bond donors (Lipinski definition) is 3. The van der Waals surface area contributed by atoms with Crippen LogP contribution in [-0.2, 0) is 6.54 Å². The molecule has 7 nitrogen and oxygen atoms in total. The standard InChI is InChI=1S/C17H26N6OS2.HI/c1-5-18-17(21-8-14-23-13(9-25-14)11(2)3)20-7-6-19-16(24)15-12(4)22-10-26-15;/h9-11H,5-8H2,1-4H3,(H,19,24)(H2,18,20,21);1H. The second kappa shape index (κ2) is 12.2. The van der Waals surface area contributed by atoms with Gasteiger partial charge < -0.3 is 16.0 Å². The van der Waals surface area contributed by atoms with Gasteiger partial charge >= 0.3 is 0 Å². The number of hydrogen-bond acceptors (Lipinski definition) is 6. The summed E-state index contributed by atoms with van der Waals surface area (Å²) in [6.07, 6.45) is 0. The molecule has 27 heavy (non-hydrogen) atoms. The van der Waals surface area contributed by atoms with Gasteiger partial charge in [-0.25, -0.2) is 15.0 Å². The molecule has 0 radical (unpaired) electrons. The van der Waals surface area contributed by atoms with Crippen LogP contribution < -0.4 is 16.0 Å². The molecule has 0 saturated carbocycles. The molecule has 0 aliphatic rings. The zero-order valence-corrected chi connectivity index (χ0v) is 20.0. The highest BCUT2D eigenvalue weighted by atomic mass is 127. The minimum atomic E-state index is -0.0854. The van der Waals surface area contributed by atoms with E-state index in [4.69, 9.17) is 0 Å². The van der Waals surface area contributed by atoms with Crippen LogP contribution in [0, 0.1) is 6.92 Å². The van der Waals surface area contributed by atoms with Gasteiger partial charge in [-0.05, 0) is 19.8 Å². The van der Waals surface area contributed by atoms with Crippen LogP contribution in [0.5, 0.6) is 0 Å². The van der Waals surface area contributed by atoms with Crippen molar-refractivity contribution in [3.8, 4) is 0 Å². The summed E-state index contributed by atoms with van der Waals surface area (Å²) in [6.45, 7) is 10.5. The molecule has 150 valence electrons. The van der Waals surface area contributed by atoms with Crippen LogP contribution in [0.15, 0.2) is 15.9 Å². The Morgan fingerprint density at radius 2 is 1.96 bits per heavy atom. The Hall–Kier alpha value is -1.27. The molecule has 0 saturated heterocycles. The van der Waals surface area contributed by atoms with Crippen LogP contribution in [0.25, 0.3) is 0 Å². The minimum absolute atomic E-state index is 0. The summed E-state index contributed by atoms with van der Waals surface area (Å²) in [6, 6.07) is 0. The highest BCUT2D eigenvalue weighted by molar-refractivity contribution is 14.0. The fourth-order valence-corrected chi connectivity index (χ4v) is 3.71. The topological polar surface area (TPSA) is 91.3 Å². The van der Waals surface area contributed by atoms with E-state index in [0.29, 0.717) is 30.4 Å². The molecular weight excluding hydrogens is 495 g/mol. The highest BCUT2D eigenvalue weighted by Gasteiger charge is 2.10. The summed E-state index contributed by atoms with van der Waals surface area (Å²) in [7, 11) is 0. The van der Waals surface area contributed by atoms with E-state index < -0.39 is 0 Å². The van der Waals surface area contributed by atoms with Gasteiger partial charge in [0.05, 0.1) is 23.4 Å². The summed E-state index contributed by atoms with van der Waals surface area (Å²) >= 11 is 2.99. The van der Waals surface area contributed by atoms with Crippen molar-refractivity contribution < 1.29 is 4.79 Å². The number of amides is 1. The smallest absolute Gasteiger partial charge is 0.263 e. The average molecular weight is 522 g/mol. The number of halogens is 1. The van der Waals surface area contributed by atoms with Crippen molar-refractivity contribution in [3.05, 3.63) is 32.2 Å². The highest BCUT2D eigenvalue weighted by Crippen LogP contribution is 2.18. The van der Waals surface area contributed by atoms with E-state index in [1.807, 2.05) is 13.8 Å². The van der Waals surface area contributed by atoms with Crippen LogP contribution in [0.2, 0.25) is 0 Å². The van der Waals surface area contributed by atoms with Crippen LogP contribution >= 0.6 is 46.7 Å². The van der Waals surface area contributed by atoms with E-state index in [9.17, 15) is 4.79 Å². The lowest BCUT2D eigenvalue weighted by atomic mass is 10.2. The molecule has 0 bridgehead atoms. The molecule has 2 rings (SSSR count). The Balaban J connectivity index is 0.00000364. The predicted molar refractivity (Wildman–Crippen MR) is 124 cm³/mol. The maximum atomic E-state index is 12.0. The average Bonchev–Trinajstić information content (AvgIpc) is 3.25. The van der Waals surface area contributed by atoms with Gasteiger partial charge in [0.1, 0.15) is 9.88 Å². The first kappa shape index (κ1) is 23.8. The summed E-state index contributed by atoms with van der Waals surface area (Å²) < 4.78 is 0. The van der Waals surface area contributed by atoms with Crippen molar-refractivity contribution in [2.75, 3.05) is 19.6 Å². The molecule has 10 heteroatoms. The minimum Gasteiger partial charge on any atom is -0.357 e. The third kappa shape index (κ3) is 7.70. The number of carbonyl (C=O) groups excluding carboxylic acids is 1. The number of aromatic nitrogens is 2. The van der Waals surface area contributed by atoms with Gasteiger partial charge in [0.15, 0.2) is 5.96 Å². The number of nitrogens with zero attached hydrogens (tertiary/aromatic N) is 3. The number of guanidine groups is 1. The molecule has 0 spiro atoms. The Bertz CT molecular complexity index is 743. The molecule has 0 aliphatic carbocycles. The number of aliphatic imine (C=N–C) groups is 1. The van der Waals surface area contributed by atoms with E-state index in [1.165, 1.54) is 11.3 Å². The molecular formula is C17H27IN6OS2. The Morgan fingerprint density at radius 3 is 2.56 bits per heavy atom. The first-order valence-electron chi connectivity index (χ1n) is 8.66. The summed E-state index contributed by atoms with van der Waals surface area (Å²) in [5.74, 6) is 1.07. The van der Waals surface area contributed by atoms with Crippen molar-refractivity contribution >= 4 is 58.5 Å². The monoisotopic (exact) mass is 522 g/mol. The van der Waals surface area contributed by atoms with Gasteiger partial charge in [-0.2, -0.15) is 0 Å². The number of aryl methyl sites for hydroxylation is 1. The van der Waals surface area contributed by atoms with Crippen LogP contribution in [0.3, 0.4) is 0 Å². The predicted octanol–water partition coefficient (Wildman–Crippen LogP) is 3.13. The fraction of sp³-hybridized carbons (Fsp3) is 0.529. The lowest BCUT2D eigenvalue weighted by Crippen LogP contribution is -2.41.